The van der Waals surface area contributed by atoms with Crippen molar-refractivity contribution in [1.82, 2.24) is 10.3 Å². The summed E-state index contributed by atoms with van der Waals surface area (Å²) in [7, 11) is 3.70. The van der Waals surface area contributed by atoms with E-state index >= 15 is 0 Å². The Kier molecular flexibility index (Phi) is 5.76. The van der Waals surface area contributed by atoms with E-state index in [0.29, 0.717) is 6.04 Å². The standard InChI is InChI=1S/C18H24N2O/c1-4-15-6-5-13-20-18(15)17(19-2)12-9-14-7-10-16(21-3)11-8-14/h5-8,10-11,13,17,19H,4,9,12H2,1-3H3. The van der Waals surface area contributed by atoms with Gasteiger partial charge in [-0.2, -0.15) is 0 Å². The third kappa shape index (κ3) is 4.05. The van der Waals surface area contributed by atoms with Crippen molar-refractivity contribution in [3.63, 3.8) is 0 Å². The SMILES string of the molecule is CCc1cccnc1C(CCc1ccc(OC)cc1)NC. The Morgan fingerprint density at radius 2 is 1.95 bits per heavy atom. The van der Waals surface area contributed by atoms with Crippen LogP contribution in [0.15, 0.2) is 42.6 Å². The Balaban J connectivity index is 2.05. The van der Waals surface area contributed by atoms with Crippen LogP contribution >= 0.6 is 0 Å². The summed E-state index contributed by atoms with van der Waals surface area (Å²) in [4.78, 5) is 4.58. The van der Waals surface area contributed by atoms with Gasteiger partial charge in [0.15, 0.2) is 0 Å². The molecule has 112 valence electrons. The van der Waals surface area contributed by atoms with Crippen LogP contribution in [0, 0.1) is 0 Å². The third-order valence-corrected chi connectivity index (χ3v) is 3.87. The highest BCUT2D eigenvalue weighted by atomic mass is 16.5. The molecule has 2 aromatic rings. The van der Waals surface area contributed by atoms with Crippen LogP contribution in [0.4, 0.5) is 0 Å². The molecule has 0 saturated carbocycles. The summed E-state index contributed by atoms with van der Waals surface area (Å²) in [6.07, 6.45) is 4.96. The minimum atomic E-state index is 0.295. The number of rotatable bonds is 7. The van der Waals surface area contributed by atoms with Crippen molar-refractivity contribution >= 4 is 0 Å². The maximum absolute atomic E-state index is 5.19. The molecule has 0 bridgehead atoms. The zero-order valence-corrected chi connectivity index (χ0v) is 13.1. The summed E-state index contributed by atoms with van der Waals surface area (Å²) < 4.78 is 5.19. The lowest BCUT2D eigenvalue weighted by Gasteiger charge is -2.18. The number of nitrogens with zero attached hydrogens (tertiary/aromatic N) is 1. The Morgan fingerprint density at radius 3 is 2.57 bits per heavy atom. The fraction of sp³-hybridized carbons (Fsp3) is 0.389. The fourth-order valence-corrected chi connectivity index (χ4v) is 2.58. The van der Waals surface area contributed by atoms with Crippen LogP contribution in [-0.2, 0) is 12.8 Å². The molecule has 0 saturated heterocycles. The van der Waals surface area contributed by atoms with Crippen LogP contribution in [0.5, 0.6) is 5.75 Å². The molecule has 1 aromatic carbocycles. The fourth-order valence-electron chi connectivity index (χ4n) is 2.58. The largest absolute Gasteiger partial charge is 0.497 e. The van der Waals surface area contributed by atoms with Crippen molar-refractivity contribution < 1.29 is 4.74 Å². The molecule has 0 fully saturated rings. The Morgan fingerprint density at radius 1 is 1.19 bits per heavy atom. The van der Waals surface area contributed by atoms with Crippen LogP contribution in [0.2, 0.25) is 0 Å². The molecule has 3 heteroatoms. The predicted octanol–water partition coefficient (Wildman–Crippen LogP) is 3.55. The molecule has 0 aliphatic carbocycles. The van der Waals surface area contributed by atoms with E-state index in [2.05, 4.69) is 35.4 Å². The van der Waals surface area contributed by atoms with E-state index in [1.54, 1.807) is 7.11 Å². The third-order valence-electron chi connectivity index (χ3n) is 3.87. The maximum atomic E-state index is 5.19. The Bertz CT molecular complexity index is 551. The summed E-state index contributed by atoms with van der Waals surface area (Å²) in [5.74, 6) is 0.905. The molecule has 0 aliphatic heterocycles. The molecule has 0 radical (unpaired) electrons. The van der Waals surface area contributed by atoms with Crippen molar-refractivity contribution in [3.05, 3.63) is 59.4 Å². The number of aromatic nitrogens is 1. The zero-order valence-electron chi connectivity index (χ0n) is 13.1. The van der Waals surface area contributed by atoms with E-state index in [-0.39, 0.29) is 0 Å². The number of aryl methyl sites for hydroxylation is 2. The van der Waals surface area contributed by atoms with Gasteiger partial charge >= 0.3 is 0 Å². The highest BCUT2D eigenvalue weighted by Crippen LogP contribution is 2.21. The lowest BCUT2D eigenvalue weighted by Crippen LogP contribution is -2.20. The molecule has 0 aliphatic rings. The molecular weight excluding hydrogens is 260 g/mol. The van der Waals surface area contributed by atoms with E-state index in [4.69, 9.17) is 4.74 Å². The van der Waals surface area contributed by atoms with Gasteiger partial charge in [-0.25, -0.2) is 0 Å². The number of methoxy groups -OCH3 is 1. The number of hydrogen-bond acceptors (Lipinski definition) is 3. The van der Waals surface area contributed by atoms with Crippen molar-refractivity contribution in [3.8, 4) is 5.75 Å². The Labute approximate surface area is 127 Å². The normalized spacial score (nSPS) is 12.1. The maximum Gasteiger partial charge on any atom is 0.118 e. The number of hydrogen-bond donors (Lipinski definition) is 1. The monoisotopic (exact) mass is 284 g/mol. The summed E-state index contributed by atoms with van der Waals surface area (Å²) in [6, 6.07) is 12.8. The highest BCUT2D eigenvalue weighted by molar-refractivity contribution is 5.28. The van der Waals surface area contributed by atoms with E-state index in [1.807, 2.05) is 31.4 Å². The van der Waals surface area contributed by atoms with Gasteiger partial charge < -0.3 is 10.1 Å². The van der Waals surface area contributed by atoms with Crippen molar-refractivity contribution in [2.45, 2.75) is 32.2 Å². The van der Waals surface area contributed by atoms with Gasteiger partial charge in [0.25, 0.3) is 0 Å². The van der Waals surface area contributed by atoms with Gasteiger partial charge in [-0.3, -0.25) is 4.98 Å². The number of nitrogens with one attached hydrogen (secondary N) is 1. The zero-order chi connectivity index (χ0) is 15.1. The summed E-state index contributed by atoms with van der Waals surface area (Å²) in [5, 5.41) is 3.40. The van der Waals surface area contributed by atoms with E-state index in [1.165, 1.54) is 16.8 Å². The smallest absolute Gasteiger partial charge is 0.118 e. The van der Waals surface area contributed by atoms with Crippen molar-refractivity contribution in [2.24, 2.45) is 0 Å². The van der Waals surface area contributed by atoms with Gasteiger partial charge in [-0.15, -0.1) is 0 Å². The van der Waals surface area contributed by atoms with Gasteiger partial charge in [-0.05, 0) is 55.6 Å². The van der Waals surface area contributed by atoms with Gasteiger partial charge in [-0.1, -0.05) is 25.1 Å². The molecule has 21 heavy (non-hydrogen) atoms. The van der Waals surface area contributed by atoms with Crippen LogP contribution in [0.25, 0.3) is 0 Å². The highest BCUT2D eigenvalue weighted by Gasteiger charge is 2.14. The first-order valence-electron chi connectivity index (χ1n) is 7.52. The van der Waals surface area contributed by atoms with Gasteiger partial charge in [0.05, 0.1) is 12.8 Å². The minimum Gasteiger partial charge on any atom is -0.497 e. The van der Waals surface area contributed by atoms with Crippen molar-refractivity contribution in [2.75, 3.05) is 14.2 Å². The van der Waals surface area contributed by atoms with Crippen LogP contribution in [0.1, 0.15) is 36.2 Å². The molecule has 0 amide bonds. The first kappa shape index (κ1) is 15.5. The first-order valence-corrected chi connectivity index (χ1v) is 7.52. The first-order chi connectivity index (χ1) is 10.3. The molecule has 1 aromatic heterocycles. The van der Waals surface area contributed by atoms with Crippen LogP contribution in [0.3, 0.4) is 0 Å². The topological polar surface area (TPSA) is 34.1 Å². The van der Waals surface area contributed by atoms with Crippen LogP contribution in [-0.4, -0.2) is 19.1 Å². The molecule has 2 rings (SSSR count). The van der Waals surface area contributed by atoms with Crippen LogP contribution < -0.4 is 10.1 Å². The molecular formula is C18H24N2O. The van der Waals surface area contributed by atoms with E-state index in [9.17, 15) is 0 Å². The molecule has 1 heterocycles. The quantitative estimate of drug-likeness (QED) is 0.844. The molecule has 3 nitrogen and oxygen atoms in total. The molecule has 1 unspecified atom stereocenters. The molecule has 0 spiro atoms. The molecule has 1 atom stereocenters. The average Bonchev–Trinajstić information content (AvgIpc) is 2.56. The molecule has 1 N–H and O–H groups in total. The van der Waals surface area contributed by atoms with E-state index in [0.717, 1.165) is 25.0 Å². The summed E-state index contributed by atoms with van der Waals surface area (Å²) in [6.45, 7) is 2.18. The number of pyridine rings is 1. The number of benzene rings is 1. The predicted molar refractivity (Wildman–Crippen MR) is 86.7 cm³/mol. The lowest BCUT2D eigenvalue weighted by molar-refractivity contribution is 0.414. The second-order valence-electron chi connectivity index (χ2n) is 5.13. The lowest BCUT2D eigenvalue weighted by atomic mass is 9.98. The average molecular weight is 284 g/mol. The summed E-state index contributed by atoms with van der Waals surface area (Å²) >= 11 is 0. The van der Waals surface area contributed by atoms with E-state index < -0.39 is 0 Å². The second kappa shape index (κ2) is 7.79. The Hall–Kier alpha value is -1.87. The van der Waals surface area contributed by atoms with Gasteiger partial charge in [0.2, 0.25) is 0 Å². The minimum absolute atomic E-state index is 0.295. The van der Waals surface area contributed by atoms with Gasteiger partial charge in [0, 0.05) is 12.2 Å². The summed E-state index contributed by atoms with van der Waals surface area (Å²) in [5.41, 5.74) is 3.83. The number of ether oxygens (including phenoxy) is 1. The van der Waals surface area contributed by atoms with Gasteiger partial charge in [0.1, 0.15) is 5.75 Å². The second-order valence-corrected chi connectivity index (χ2v) is 5.13. The van der Waals surface area contributed by atoms with Crippen molar-refractivity contribution in [1.29, 1.82) is 0 Å².